The summed E-state index contributed by atoms with van der Waals surface area (Å²) in [6.07, 6.45) is 0.890. The van der Waals surface area contributed by atoms with Gasteiger partial charge in [-0.1, -0.05) is 0 Å². The first-order valence-corrected chi connectivity index (χ1v) is 5.08. The Morgan fingerprint density at radius 1 is 1.23 bits per heavy atom. The van der Waals surface area contributed by atoms with Gasteiger partial charge in [-0.25, -0.2) is 0 Å². The summed E-state index contributed by atoms with van der Waals surface area (Å²) in [4.78, 5) is 2.34. The van der Waals surface area contributed by atoms with E-state index >= 15 is 0 Å². The molecule has 0 amide bonds. The first-order valence-electron chi connectivity index (χ1n) is 5.08. The van der Waals surface area contributed by atoms with Gasteiger partial charge < -0.3 is 15.2 Å². The van der Waals surface area contributed by atoms with E-state index < -0.39 is 0 Å². The highest BCUT2D eigenvalue weighted by atomic mass is 16.5. The lowest BCUT2D eigenvalue weighted by atomic mass is 10.2. The molecular formula is C9H18N2O2. The van der Waals surface area contributed by atoms with E-state index in [1.807, 2.05) is 0 Å². The molecular weight excluding hydrogens is 168 g/mol. The molecule has 0 radical (unpaired) electrons. The molecule has 2 aliphatic heterocycles. The largest absolute Gasteiger partial charge is 0.389 e. The molecule has 2 rings (SSSR count). The molecule has 0 aromatic carbocycles. The normalized spacial score (nSPS) is 37.6. The van der Waals surface area contributed by atoms with Gasteiger partial charge in [-0.2, -0.15) is 0 Å². The van der Waals surface area contributed by atoms with Crippen molar-refractivity contribution in [3.05, 3.63) is 0 Å². The fourth-order valence-electron chi connectivity index (χ4n) is 2.08. The molecule has 76 valence electrons. The maximum atomic E-state index is 9.65. The van der Waals surface area contributed by atoms with Gasteiger partial charge in [-0.3, -0.25) is 4.90 Å². The van der Waals surface area contributed by atoms with Crippen LogP contribution in [-0.2, 0) is 4.74 Å². The number of aliphatic hydroxyl groups excluding tert-OH is 1. The van der Waals surface area contributed by atoms with Gasteiger partial charge in [0.15, 0.2) is 0 Å². The Morgan fingerprint density at radius 3 is 2.92 bits per heavy atom. The van der Waals surface area contributed by atoms with Gasteiger partial charge in [-0.15, -0.1) is 0 Å². The average Bonchev–Trinajstić information content (AvgIpc) is 2.43. The quantitative estimate of drug-likeness (QED) is 0.554. The van der Waals surface area contributed by atoms with Gasteiger partial charge >= 0.3 is 0 Å². The first-order chi connectivity index (χ1) is 6.38. The van der Waals surface area contributed by atoms with Crippen LogP contribution in [0.15, 0.2) is 0 Å². The lowest BCUT2D eigenvalue weighted by molar-refractivity contribution is 0.0857. The van der Waals surface area contributed by atoms with Crippen molar-refractivity contribution in [2.45, 2.75) is 18.6 Å². The van der Waals surface area contributed by atoms with Gasteiger partial charge in [-0.05, 0) is 19.5 Å². The zero-order chi connectivity index (χ0) is 9.10. The monoisotopic (exact) mass is 186 g/mol. The summed E-state index contributed by atoms with van der Waals surface area (Å²) in [7, 11) is 0. The average molecular weight is 186 g/mol. The standard InChI is InChI=1S/C9H18N2O2/c12-9-7-13-6-8(9)11-4-1-2-10-3-5-11/h8-10,12H,1-7H2. The molecule has 2 aliphatic rings. The summed E-state index contributed by atoms with van der Waals surface area (Å²) in [5.41, 5.74) is 0. The molecule has 2 atom stereocenters. The second-order valence-corrected chi connectivity index (χ2v) is 3.81. The summed E-state index contributed by atoms with van der Waals surface area (Å²) >= 11 is 0. The minimum Gasteiger partial charge on any atom is -0.389 e. The van der Waals surface area contributed by atoms with E-state index in [-0.39, 0.29) is 12.1 Å². The lowest BCUT2D eigenvalue weighted by Crippen LogP contribution is -2.44. The smallest absolute Gasteiger partial charge is 0.0950 e. The molecule has 2 unspecified atom stereocenters. The van der Waals surface area contributed by atoms with E-state index in [0.29, 0.717) is 13.2 Å². The molecule has 0 aromatic heterocycles. The van der Waals surface area contributed by atoms with E-state index in [2.05, 4.69) is 10.2 Å². The third-order valence-electron chi connectivity index (χ3n) is 2.87. The van der Waals surface area contributed by atoms with Crippen molar-refractivity contribution < 1.29 is 9.84 Å². The molecule has 2 heterocycles. The molecule has 4 heteroatoms. The van der Waals surface area contributed by atoms with Crippen LogP contribution in [0.5, 0.6) is 0 Å². The molecule has 2 fully saturated rings. The van der Waals surface area contributed by atoms with Crippen LogP contribution < -0.4 is 5.32 Å². The van der Waals surface area contributed by atoms with Crippen LogP contribution in [0.2, 0.25) is 0 Å². The summed E-state index contributed by atoms with van der Waals surface area (Å²) in [6, 6.07) is 0.236. The molecule has 0 saturated carbocycles. The highest BCUT2D eigenvalue weighted by molar-refractivity contribution is 4.84. The fourth-order valence-corrected chi connectivity index (χ4v) is 2.08. The van der Waals surface area contributed by atoms with Crippen LogP contribution in [0.1, 0.15) is 6.42 Å². The van der Waals surface area contributed by atoms with E-state index in [1.54, 1.807) is 0 Å². The number of hydrogen-bond acceptors (Lipinski definition) is 4. The number of nitrogens with zero attached hydrogens (tertiary/aromatic N) is 1. The van der Waals surface area contributed by atoms with Gasteiger partial charge in [0, 0.05) is 13.1 Å². The molecule has 2 N–H and O–H groups in total. The van der Waals surface area contributed by atoms with Crippen LogP contribution in [0, 0.1) is 0 Å². The Morgan fingerprint density at radius 2 is 2.15 bits per heavy atom. The number of nitrogens with one attached hydrogen (secondary N) is 1. The highest BCUT2D eigenvalue weighted by Gasteiger charge is 2.31. The molecule has 2 saturated heterocycles. The topological polar surface area (TPSA) is 44.7 Å². The first kappa shape index (κ1) is 9.40. The van der Waals surface area contributed by atoms with Crippen LogP contribution in [-0.4, -0.2) is 61.5 Å². The molecule has 0 spiro atoms. The van der Waals surface area contributed by atoms with Crippen LogP contribution in [0.3, 0.4) is 0 Å². The summed E-state index contributed by atoms with van der Waals surface area (Å²) in [5, 5.41) is 13.0. The minimum absolute atomic E-state index is 0.236. The minimum atomic E-state index is -0.280. The molecule has 0 bridgehead atoms. The predicted octanol–water partition coefficient (Wildman–Crippen LogP) is -0.959. The van der Waals surface area contributed by atoms with Crippen molar-refractivity contribution in [2.75, 3.05) is 39.4 Å². The third kappa shape index (κ3) is 2.20. The van der Waals surface area contributed by atoms with E-state index in [1.165, 1.54) is 6.42 Å². The van der Waals surface area contributed by atoms with E-state index in [9.17, 15) is 5.11 Å². The SMILES string of the molecule is OC1COCC1N1CCCNCC1. The molecule has 4 nitrogen and oxygen atoms in total. The van der Waals surface area contributed by atoms with E-state index in [0.717, 1.165) is 26.2 Å². The Hall–Kier alpha value is -0.160. The fraction of sp³-hybridized carbons (Fsp3) is 1.00. The Balaban J connectivity index is 1.89. The number of ether oxygens (including phenoxy) is 1. The zero-order valence-corrected chi connectivity index (χ0v) is 7.91. The number of rotatable bonds is 1. The van der Waals surface area contributed by atoms with E-state index in [4.69, 9.17) is 4.74 Å². The van der Waals surface area contributed by atoms with Gasteiger partial charge in [0.05, 0.1) is 25.4 Å². The number of hydrogen-bond donors (Lipinski definition) is 2. The van der Waals surface area contributed by atoms with Gasteiger partial charge in [0.2, 0.25) is 0 Å². The third-order valence-corrected chi connectivity index (χ3v) is 2.87. The van der Waals surface area contributed by atoms with Crippen LogP contribution in [0.4, 0.5) is 0 Å². The lowest BCUT2D eigenvalue weighted by Gasteiger charge is -2.27. The predicted molar refractivity (Wildman–Crippen MR) is 49.7 cm³/mol. The van der Waals surface area contributed by atoms with Crippen LogP contribution >= 0.6 is 0 Å². The van der Waals surface area contributed by atoms with Crippen molar-refractivity contribution in [1.82, 2.24) is 10.2 Å². The Kier molecular flexibility index (Phi) is 3.16. The summed E-state index contributed by atoms with van der Waals surface area (Å²) in [6.45, 7) is 5.45. The zero-order valence-electron chi connectivity index (χ0n) is 7.91. The van der Waals surface area contributed by atoms with Gasteiger partial charge in [0.25, 0.3) is 0 Å². The highest BCUT2D eigenvalue weighted by Crippen LogP contribution is 2.13. The molecule has 0 aliphatic carbocycles. The molecule has 13 heavy (non-hydrogen) atoms. The second-order valence-electron chi connectivity index (χ2n) is 3.81. The van der Waals surface area contributed by atoms with Crippen molar-refractivity contribution in [2.24, 2.45) is 0 Å². The molecule has 0 aromatic rings. The Labute approximate surface area is 78.9 Å². The summed E-state index contributed by atoms with van der Waals surface area (Å²) in [5.74, 6) is 0. The van der Waals surface area contributed by atoms with Crippen molar-refractivity contribution in [3.8, 4) is 0 Å². The maximum absolute atomic E-state index is 9.65. The van der Waals surface area contributed by atoms with Crippen molar-refractivity contribution in [1.29, 1.82) is 0 Å². The number of aliphatic hydroxyl groups is 1. The second kappa shape index (κ2) is 4.37. The van der Waals surface area contributed by atoms with Gasteiger partial charge in [0.1, 0.15) is 0 Å². The van der Waals surface area contributed by atoms with Crippen LogP contribution in [0.25, 0.3) is 0 Å². The maximum Gasteiger partial charge on any atom is 0.0950 e. The van der Waals surface area contributed by atoms with Crippen molar-refractivity contribution in [3.63, 3.8) is 0 Å². The summed E-state index contributed by atoms with van der Waals surface area (Å²) < 4.78 is 5.25. The Bertz CT molecular complexity index is 158. The van der Waals surface area contributed by atoms with Crippen molar-refractivity contribution >= 4 is 0 Å².